The molecular weight excluding hydrogens is 268 g/mol. The lowest BCUT2D eigenvalue weighted by Crippen LogP contribution is -2.06. The molecule has 0 saturated heterocycles. The molecular formula is C11H16N4OS2. The largest absolute Gasteiger partial charge is 0.383 e. The number of hydrogen-bond donors (Lipinski definition) is 1. The summed E-state index contributed by atoms with van der Waals surface area (Å²) in [6, 6.07) is 0. The number of nitrogens with zero attached hydrogens (tertiary/aromatic N) is 3. The third kappa shape index (κ3) is 3.24. The van der Waals surface area contributed by atoms with Gasteiger partial charge in [0.05, 0.1) is 16.5 Å². The fraction of sp³-hybridized carbons (Fsp3) is 0.545. The van der Waals surface area contributed by atoms with Crippen LogP contribution >= 0.6 is 22.7 Å². The first-order valence-corrected chi connectivity index (χ1v) is 7.36. The molecule has 98 valence electrons. The number of ether oxygens (including phenoxy) is 1. The van der Waals surface area contributed by atoms with Crippen LogP contribution in [0.5, 0.6) is 0 Å². The van der Waals surface area contributed by atoms with Crippen molar-refractivity contribution in [2.24, 2.45) is 0 Å². The normalized spacial score (nSPS) is 11.1. The van der Waals surface area contributed by atoms with Crippen molar-refractivity contribution >= 4 is 27.8 Å². The highest BCUT2D eigenvalue weighted by Gasteiger charge is 2.11. The van der Waals surface area contributed by atoms with Crippen LogP contribution in [-0.4, -0.2) is 35.4 Å². The molecule has 0 atom stereocenters. The second kappa shape index (κ2) is 6.21. The summed E-state index contributed by atoms with van der Waals surface area (Å²) >= 11 is 3.22. The number of aromatic nitrogens is 3. The predicted octanol–water partition coefficient (Wildman–Crippen LogP) is 2.84. The second-order valence-corrected chi connectivity index (χ2v) is 6.09. The van der Waals surface area contributed by atoms with Crippen LogP contribution in [0.15, 0.2) is 6.20 Å². The van der Waals surface area contributed by atoms with Gasteiger partial charge >= 0.3 is 0 Å². The summed E-state index contributed by atoms with van der Waals surface area (Å²) < 4.78 is 4.97. The van der Waals surface area contributed by atoms with Gasteiger partial charge in [0.25, 0.3) is 0 Å². The molecule has 5 nitrogen and oxygen atoms in total. The summed E-state index contributed by atoms with van der Waals surface area (Å²) in [5, 5.41) is 14.3. The summed E-state index contributed by atoms with van der Waals surface area (Å²) in [4.78, 5) is 5.47. The highest BCUT2D eigenvalue weighted by Crippen LogP contribution is 2.32. The van der Waals surface area contributed by atoms with E-state index in [0.717, 1.165) is 26.6 Å². The summed E-state index contributed by atoms with van der Waals surface area (Å²) in [6.07, 6.45) is 1.87. The van der Waals surface area contributed by atoms with Crippen LogP contribution in [0.4, 0.5) is 5.13 Å². The van der Waals surface area contributed by atoms with Crippen molar-refractivity contribution in [1.29, 1.82) is 0 Å². The number of anilines is 1. The fourth-order valence-electron chi connectivity index (χ4n) is 1.31. The van der Waals surface area contributed by atoms with Gasteiger partial charge in [-0.05, 0) is 0 Å². The molecule has 0 bridgehead atoms. The van der Waals surface area contributed by atoms with E-state index in [0.29, 0.717) is 12.5 Å². The lowest BCUT2D eigenvalue weighted by atomic mass is 10.2. The average Bonchev–Trinajstić information content (AvgIpc) is 2.97. The molecule has 0 fully saturated rings. The Bertz CT molecular complexity index is 495. The number of thiazole rings is 1. The summed E-state index contributed by atoms with van der Waals surface area (Å²) in [5.74, 6) is 0.455. The Balaban J connectivity index is 2.04. The minimum absolute atomic E-state index is 0.455. The molecule has 0 spiro atoms. The van der Waals surface area contributed by atoms with Crippen LogP contribution in [0.1, 0.15) is 24.8 Å². The van der Waals surface area contributed by atoms with Gasteiger partial charge in [-0.3, -0.25) is 0 Å². The molecule has 2 heterocycles. The van der Waals surface area contributed by atoms with Gasteiger partial charge in [-0.25, -0.2) is 4.98 Å². The van der Waals surface area contributed by atoms with Crippen LogP contribution in [0.3, 0.4) is 0 Å². The van der Waals surface area contributed by atoms with Gasteiger partial charge in [0.2, 0.25) is 5.13 Å². The van der Waals surface area contributed by atoms with Gasteiger partial charge < -0.3 is 10.1 Å². The standard InChI is InChI=1S/C11H16N4OS2/c1-7(2)9-13-6-8(17-9)10-14-15-11(18-10)12-4-5-16-3/h6-7H,4-5H2,1-3H3,(H,12,15). The summed E-state index contributed by atoms with van der Waals surface area (Å²) in [6.45, 7) is 5.68. The first kappa shape index (κ1) is 13.4. The van der Waals surface area contributed by atoms with Crippen LogP contribution < -0.4 is 5.32 Å². The molecule has 2 aromatic rings. The fourth-order valence-corrected chi connectivity index (χ4v) is 3.03. The highest BCUT2D eigenvalue weighted by molar-refractivity contribution is 7.23. The van der Waals surface area contributed by atoms with Crippen molar-refractivity contribution in [3.8, 4) is 9.88 Å². The van der Waals surface area contributed by atoms with Gasteiger partial charge in [-0.15, -0.1) is 21.5 Å². The molecule has 0 saturated carbocycles. The Kier molecular flexibility index (Phi) is 4.62. The third-order valence-corrected chi connectivity index (χ3v) is 4.58. The Morgan fingerprint density at radius 1 is 1.33 bits per heavy atom. The van der Waals surface area contributed by atoms with E-state index in [1.54, 1.807) is 29.8 Å². The molecule has 2 rings (SSSR count). The summed E-state index contributed by atoms with van der Waals surface area (Å²) in [5.41, 5.74) is 0. The molecule has 0 aliphatic carbocycles. The second-order valence-electron chi connectivity index (χ2n) is 4.05. The predicted molar refractivity (Wildman–Crippen MR) is 75.5 cm³/mol. The molecule has 0 unspecified atom stereocenters. The van der Waals surface area contributed by atoms with Gasteiger partial charge in [0, 0.05) is 25.8 Å². The smallest absolute Gasteiger partial charge is 0.206 e. The van der Waals surface area contributed by atoms with Gasteiger partial charge in [0.1, 0.15) is 0 Å². The lowest BCUT2D eigenvalue weighted by molar-refractivity contribution is 0.211. The monoisotopic (exact) mass is 284 g/mol. The third-order valence-electron chi connectivity index (χ3n) is 2.24. The van der Waals surface area contributed by atoms with Gasteiger partial charge in [0.15, 0.2) is 5.01 Å². The Hall–Kier alpha value is -1.05. The number of methoxy groups -OCH3 is 1. The molecule has 0 aromatic carbocycles. The number of nitrogens with one attached hydrogen (secondary N) is 1. The minimum atomic E-state index is 0.455. The van der Waals surface area contributed by atoms with E-state index < -0.39 is 0 Å². The van der Waals surface area contributed by atoms with E-state index in [2.05, 4.69) is 34.3 Å². The zero-order valence-corrected chi connectivity index (χ0v) is 12.3. The van der Waals surface area contributed by atoms with Crippen LogP contribution in [0.25, 0.3) is 9.88 Å². The van der Waals surface area contributed by atoms with Gasteiger partial charge in [-0.2, -0.15) is 0 Å². The first-order valence-electron chi connectivity index (χ1n) is 5.73. The van der Waals surface area contributed by atoms with E-state index in [-0.39, 0.29) is 0 Å². The van der Waals surface area contributed by atoms with Gasteiger partial charge in [-0.1, -0.05) is 25.2 Å². The molecule has 0 aliphatic heterocycles. The van der Waals surface area contributed by atoms with E-state index in [1.807, 2.05) is 6.20 Å². The maximum Gasteiger partial charge on any atom is 0.206 e. The van der Waals surface area contributed by atoms with Crippen LogP contribution in [0.2, 0.25) is 0 Å². The Labute approximate surface area is 114 Å². The van der Waals surface area contributed by atoms with E-state index in [4.69, 9.17) is 4.74 Å². The molecule has 1 N–H and O–H groups in total. The van der Waals surface area contributed by atoms with Crippen molar-refractivity contribution in [2.75, 3.05) is 25.6 Å². The minimum Gasteiger partial charge on any atom is -0.383 e. The first-order chi connectivity index (χ1) is 8.70. The highest BCUT2D eigenvalue weighted by atomic mass is 32.1. The van der Waals surface area contributed by atoms with Crippen LogP contribution in [0, 0.1) is 0 Å². The Morgan fingerprint density at radius 2 is 2.17 bits per heavy atom. The molecule has 18 heavy (non-hydrogen) atoms. The van der Waals surface area contributed by atoms with E-state index in [9.17, 15) is 0 Å². The average molecular weight is 284 g/mol. The van der Waals surface area contributed by atoms with Crippen molar-refractivity contribution in [2.45, 2.75) is 19.8 Å². The number of rotatable bonds is 6. The zero-order chi connectivity index (χ0) is 13.0. The topological polar surface area (TPSA) is 59.9 Å². The zero-order valence-electron chi connectivity index (χ0n) is 10.6. The SMILES string of the molecule is COCCNc1nnc(-c2cnc(C(C)C)s2)s1. The van der Waals surface area contributed by atoms with Crippen LogP contribution in [-0.2, 0) is 4.74 Å². The molecule has 0 aliphatic rings. The lowest BCUT2D eigenvalue weighted by Gasteiger charge is -1.98. The van der Waals surface area contributed by atoms with Crippen molar-refractivity contribution < 1.29 is 4.74 Å². The molecule has 7 heteroatoms. The molecule has 0 amide bonds. The Morgan fingerprint density at radius 3 is 2.83 bits per heavy atom. The van der Waals surface area contributed by atoms with Crippen molar-refractivity contribution in [3.05, 3.63) is 11.2 Å². The quantitative estimate of drug-likeness (QED) is 0.827. The molecule has 2 aromatic heterocycles. The number of hydrogen-bond acceptors (Lipinski definition) is 7. The van der Waals surface area contributed by atoms with E-state index >= 15 is 0 Å². The maximum atomic E-state index is 4.97. The van der Waals surface area contributed by atoms with Crippen molar-refractivity contribution in [3.63, 3.8) is 0 Å². The summed E-state index contributed by atoms with van der Waals surface area (Å²) in [7, 11) is 1.68. The van der Waals surface area contributed by atoms with E-state index in [1.165, 1.54) is 0 Å². The maximum absolute atomic E-state index is 4.97. The van der Waals surface area contributed by atoms with Crippen molar-refractivity contribution in [1.82, 2.24) is 15.2 Å². The molecule has 0 radical (unpaired) electrons.